The van der Waals surface area contributed by atoms with Crippen LogP contribution >= 0.6 is 0 Å². The number of hydrogen-bond donors (Lipinski definition) is 0. The normalized spacial score (nSPS) is 10.5. The molecule has 0 unspecified atom stereocenters. The SMILES string of the molecule is Cc1nc2ccc[c]n2n1. The molecule has 0 fully saturated rings. The molecule has 0 spiro atoms. The molecule has 0 atom stereocenters. The van der Waals surface area contributed by atoms with Crippen LogP contribution in [0.5, 0.6) is 0 Å². The molecule has 0 amide bonds. The van der Waals surface area contributed by atoms with Crippen LogP contribution in [0.15, 0.2) is 18.2 Å². The molecule has 49 valence electrons. The van der Waals surface area contributed by atoms with E-state index in [0.717, 1.165) is 11.5 Å². The lowest BCUT2D eigenvalue weighted by molar-refractivity contribution is 0.923. The number of aryl methyl sites for hydroxylation is 1. The van der Waals surface area contributed by atoms with Crippen LogP contribution in [0, 0.1) is 13.1 Å². The predicted molar refractivity (Wildman–Crippen MR) is 36.6 cm³/mol. The Bertz CT molecular complexity index is 317. The van der Waals surface area contributed by atoms with E-state index in [1.54, 1.807) is 10.6 Å². The first kappa shape index (κ1) is 5.41. The Morgan fingerprint density at radius 3 is 3.30 bits per heavy atom. The molecule has 0 bridgehead atoms. The van der Waals surface area contributed by atoms with E-state index in [9.17, 15) is 0 Å². The quantitative estimate of drug-likeness (QED) is 0.531. The van der Waals surface area contributed by atoms with Gasteiger partial charge in [0.15, 0.2) is 5.65 Å². The summed E-state index contributed by atoms with van der Waals surface area (Å²) in [5, 5.41) is 4.06. The Hall–Kier alpha value is -1.38. The third kappa shape index (κ3) is 0.673. The number of nitrogens with zero attached hydrogens (tertiary/aromatic N) is 3. The number of pyridine rings is 1. The number of hydrogen-bond acceptors (Lipinski definition) is 2. The summed E-state index contributed by atoms with van der Waals surface area (Å²) in [6, 6.07) is 5.60. The highest BCUT2D eigenvalue weighted by atomic mass is 15.3. The maximum Gasteiger partial charge on any atom is 0.156 e. The summed E-state index contributed by atoms with van der Waals surface area (Å²) in [4.78, 5) is 4.13. The van der Waals surface area contributed by atoms with Crippen molar-refractivity contribution < 1.29 is 0 Å². The third-order valence-electron chi connectivity index (χ3n) is 1.28. The summed E-state index contributed by atoms with van der Waals surface area (Å²) < 4.78 is 1.63. The standard InChI is InChI=1S/C7H6N3/c1-6-8-7-4-2-3-5-10(7)9-6/h2-4H,1H3. The zero-order valence-electron chi connectivity index (χ0n) is 5.57. The lowest BCUT2D eigenvalue weighted by atomic mass is 10.5. The molecule has 0 saturated carbocycles. The second-order valence-electron chi connectivity index (χ2n) is 2.08. The Balaban J connectivity index is 2.88. The van der Waals surface area contributed by atoms with Gasteiger partial charge in [0.05, 0.1) is 6.20 Å². The van der Waals surface area contributed by atoms with Gasteiger partial charge in [0.1, 0.15) is 5.82 Å². The minimum atomic E-state index is 0.780. The maximum absolute atomic E-state index is 4.13. The molecule has 0 aliphatic carbocycles. The molecule has 0 aliphatic heterocycles. The summed E-state index contributed by atoms with van der Waals surface area (Å²) in [6.07, 6.45) is 2.91. The summed E-state index contributed by atoms with van der Waals surface area (Å²) in [5.74, 6) is 0.780. The van der Waals surface area contributed by atoms with Gasteiger partial charge in [-0.25, -0.2) is 9.50 Å². The van der Waals surface area contributed by atoms with Crippen molar-refractivity contribution >= 4 is 5.65 Å². The molecule has 3 nitrogen and oxygen atoms in total. The molecule has 0 N–H and O–H groups in total. The van der Waals surface area contributed by atoms with Crippen molar-refractivity contribution in [3.8, 4) is 0 Å². The van der Waals surface area contributed by atoms with Gasteiger partial charge in [-0.3, -0.25) is 0 Å². The van der Waals surface area contributed by atoms with Crippen LogP contribution in [0.3, 0.4) is 0 Å². The Morgan fingerprint density at radius 2 is 2.50 bits per heavy atom. The average molecular weight is 132 g/mol. The molecular weight excluding hydrogens is 126 g/mol. The van der Waals surface area contributed by atoms with E-state index in [1.165, 1.54) is 0 Å². The van der Waals surface area contributed by atoms with Gasteiger partial charge in [-0.15, -0.1) is 0 Å². The lowest BCUT2D eigenvalue weighted by Gasteiger charge is -1.83. The summed E-state index contributed by atoms with van der Waals surface area (Å²) in [5.41, 5.74) is 0.847. The molecule has 1 radical (unpaired) electrons. The average Bonchev–Trinajstić information content (AvgIpc) is 2.27. The topological polar surface area (TPSA) is 30.2 Å². The zero-order valence-corrected chi connectivity index (χ0v) is 5.57. The number of rotatable bonds is 0. The van der Waals surface area contributed by atoms with E-state index in [-0.39, 0.29) is 0 Å². The largest absolute Gasteiger partial charge is 0.212 e. The summed E-state index contributed by atoms with van der Waals surface area (Å²) >= 11 is 0. The Labute approximate surface area is 58.3 Å². The summed E-state index contributed by atoms with van der Waals surface area (Å²) in [6.45, 7) is 1.86. The second kappa shape index (κ2) is 1.80. The molecule has 0 saturated heterocycles. The molecule has 10 heavy (non-hydrogen) atoms. The van der Waals surface area contributed by atoms with E-state index in [0.29, 0.717) is 0 Å². The summed E-state index contributed by atoms with van der Waals surface area (Å²) in [7, 11) is 0. The van der Waals surface area contributed by atoms with Crippen molar-refractivity contribution in [2.24, 2.45) is 0 Å². The molecule has 2 aromatic heterocycles. The second-order valence-corrected chi connectivity index (χ2v) is 2.08. The number of aromatic nitrogens is 3. The minimum absolute atomic E-state index is 0.780. The van der Waals surface area contributed by atoms with Crippen molar-refractivity contribution in [1.29, 1.82) is 0 Å². The van der Waals surface area contributed by atoms with Crippen LogP contribution in [0.25, 0.3) is 5.65 Å². The fraction of sp³-hybridized carbons (Fsp3) is 0.143. The van der Waals surface area contributed by atoms with Crippen molar-refractivity contribution in [3.63, 3.8) is 0 Å². The van der Waals surface area contributed by atoms with Crippen LogP contribution in [-0.2, 0) is 0 Å². The fourth-order valence-corrected chi connectivity index (χ4v) is 0.882. The molecular formula is C7H6N3. The number of fused-ring (bicyclic) bond motifs is 1. The van der Waals surface area contributed by atoms with Crippen LogP contribution in [0.4, 0.5) is 0 Å². The molecule has 2 aromatic rings. The van der Waals surface area contributed by atoms with Crippen LogP contribution in [0.1, 0.15) is 5.82 Å². The van der Waals surface area contributed by atoms with Gasteiger partial charge in [0.25, 0.3) is 0 Å². The molecule has 2 rings (SSSR count). The molecule has 0 aliphatic rings. The Morgan fingerprint density at radius 1 is 1.60 bits per heavy atom. The monoisotopic (exact) mass is 132 g/mol. The van der Waals surface area contributed by atoms with Gasteiger partial charge in [-0.2, -0.15) is 5.10 Å². The van der Waals surface area contributed by atoms with E-state index >= 15 is 0 Å². The van der Waals surface area contributed by atoms with Crippen molar-refractivity contribution in [2.45, 2.75) is 6.92 Å². The molecule has 2 heterocycles. The zero-order chi connectivity index (χ0) is 6.97. The van der Waals surface area contributed by atoms with E-state index < -0.39 is 0 Å². The minimum Gasteiger partial charge on any atom is -0.212 e. The van der Waals surface area contributed by atoms with Crippen LogP contribution < -0.4 is 0 Å². The first-order valence-corrected chi connectivity index (χ1v) is 3.06. The Kier molecular flexibility index (Phi) is 0.974. The van der Waals surface area contributed by atoms with Crippen molar-refractivity contribution in [2.75, 3.05) is 0 Å². The van der Waals surface area contributed by atoms with Gasteiger partial charge >= 0.3 is 0 Å². The van der Waals surface area contributed by atoms with Gasteiger partial charge in [-0.05, 0) is 19.1 Å². The van der Waals surface area contributed by atoms with E-state index in [4.69, 9.17) is 0 Å². The lowest BCUT2D eigenvalue weighted by Crippen LogP contribution is -1.84. The predicted octanol–water partition coefficient (Wildman–Crippen LogP) is 0.838. The van der Waals surface area contributed by atoms with Crippen molar-refractivity contribution in [1.82, 2.24) is 14.6 Å². The first-order valence-electron chi connectivity index (χ1n) is 3.06. The highest BCUT2D eigenvalue weighted by Crippen LogP contribution is 1.97. The van der Waals surface area contributed by atoms with Crippen molar-refractivity contribution in [3.05, 3.63) is 30.2 Å². The van der Waals surface area contributed by atoms with Crippen LogP contribution in [0.2, 0.25) is 0 Å². The van der Waals surface area contributed by atoms with Gasteiger partial charge in [0, 0.05) is 0 Å². The van der Waals surface area contributed by atoms with E-state index in [2.05, 4.69) is 16.3 Å². The van der Waals surface area contributed by atoms with Gasteiger partial charge in [0.2, 0.25) is 0 Å². The van der Waals surface area contributed by atoms with Crippen LogP contribution in [-0.4, -0.2) is 14.6 Å². The molecule has 0 aromatic carbocycles. The fourth-order valence-electron chi connectivity index (χ4n) is 0.882. The highest BCUT2D eigenvalue weighted by Gasteiger charge is 1.94. The van der Waals surface area contributed by atoms with Gasteiger partial charge in [-0.1, -0.05) is 6.07 Å². The van der Waals surface area contributed by atoms with E-state index in [1.807, 2.05) is 19.1 Å². The first-order chi connectivity index (χ1) is 4.86. The highest BCUT2D eigenvalue weighted by molar-refractivity contribution is 5.35. The molecule has 3 heteroatoms. The smallest absolute Gasteiger partial charge is 0.156 e. The van der Waals surface area contributed by atoms with Gasteiger partial charge < -0.3 is 0 Å². The third-order valence-corrected chi connectivity index (χ3v) is 1.28. The maximum atomic E-state index is 4.13.